The third-order valence-corrected chi connectivity index (χ3v) is 11.0. The Balaban J connectivity index is 2.01. The second kappa shape index (κ2) is 40.5. The maximum atomic E-state index is 13.7. The van der Waals surface area contributed by atoms with Crippen molar-refractivity contribution in [3.05, 3.63) is 53.6 Å². The van der Waals surface area contributed by atoms with Crippen molar-refractivity contribution in [2.75, 3.05) is 167 Å². The van der Waals surface area contributed by atoms with Crippen molar-refractivity contribution in [3.8, 4) is 17.2 Å². The van der Waals surface area contributed by atoms with E-state index in [4.69, 9.17) is 61.6 Å². The molecule has 70 heavy (non-hydrogen) atoms. The Morgan fingerprint density at radius 3 is 1.27 bits per heavy atom. The van der Waals surface area contributed by atoms with Gasteiger partial charge in [0.1, 0.15) is 33.0 Å². The first-order valence-electron chi connectivity index (χ1n) is 24.9. The first kappa shape index (κ1) is 62.0. The quantitative estimate of drug-likeness (QED) is 0.0411. The van der Waals surface area contributed by atoms with Gasteiger partial charge in [-0.05, 0) is 91.1 Å². The molecule has 0 heterocycles. The summed E-state index contributed by atoms with van der Waals surface area (Å²) in [6, 6.07) is 13.1. The van der Waals surface area contributed by atoms with E-state index in [0.29, 0.717) is 59.1 Å². The molecule has 2 aromatic rings. The number of benzene rings is 2. The minimum absolute atomic E-state index is 0.116. The maximum Gasteiger partial charge on any atom is 0.338 e. The van der Waals surface area contributed by atoms with E-state index in [1.807, 2.05) is 68.3 Å². The molecule has 2 rings (SSSR count). The monoisotopic (exact) mass is 995 g/mol. The molecule has 0 radical (unpaired) electrons. The van der Waals surface area contributed by atoms with Gasteiger partial charge in [-0.2, -0.15) is 0 Å². The molecule has 0 N–H and O–H groups in total. The molecule has 0 atom stereocenters. The molecule has 0 spiro atoms. The van der Waals surface area contributed by atoms with Gasteiger partial charge in [0.2, 0.25) is 5.75 Å². The lowest BCUT2D eigenvalue weighted by molar-refractivity contribution is -0.146. The fourth-order valence-electron chi connectivity index (χ4n) is 6.53. The van der Waals surface area contributed by atoms with Gasteiger partial charge in [-0.15, -0.1) is 0 Å². The minimum atomic E-state index is -0.518. The average molecular weight is 995 g/mol. The second-order valence-corrected chi connectivity index (χ2v) is 17.0. The summed E-state index contributed by atoms with van der Waals surface area (Å²) in [7, 11) is 7.85. The van der Waals surface area contributed by atoms with Gasteiger partial charge in [0, 0.05) is 18.3 Å². The van der Waals surface area contributed by atoms with Crippen molar-refractivity contribution in [3.63, 3.8) is 0 Å². The van der Waals surface area contributed by atoms with Gasteiger partial charge in [-0.1, -0.05) is 51.1 Å². The van der Waals surface area contributed by atoms with E-state index in [1.54, 1.807) is 12.1 Å². The first-order valence-corrected chi connectivity index (χ1v) is 24.9. The minimum Gasteiger partial charge on any atom is -0.487 e. The van der Waals surface area contributed by atoms with E-state index in [2.05, 4.69) is 20.8 Å². The largest absolute Gasteiger partial charge is 0.487 e. The zero-order valence-electron chi connectivity index (χ0n) is 43.5. The number of ether oxygens (including phenoxy) is 13. The summed E-state index contributed by atoms with van der Waals surface area (Å²) in [4.78, 5) is 41.5. The molecule has 0 saturated heterocycles. The van der Waals surface area contributed by atoms with Crippen molar-refractivity contribution in [2.45, 2.75) is 72.3 Å². The first-order chi connectivity index (χ1) is 34.0. The highest BCUT2D eigenvalue weighted by atomic mass is 16.6. The van der Waals surface area contributed by atoms with Crippen LogP contribution in [0.15, 0.2) is 42.5 Å². The van der Waals surface area contributed by atoms with Gasteiger partial charge in [-0.25, -0.2) is 4.79 Å². The summed E-state index contributed by atoms with van der Waals surface area (Å²) in [5.74, 6) is -0.209. The molecule has 18 heteroatoms. The van der Waals surface area contributed by atoms with Crippen LogP contribution in [0.2, 0.25) is 0 Å². The van der Waals surface area contributed by atoms with Crippen molar-refractivity contribution in [1.29, 1.82) is 0 Å². The smallest absolute Gasteiger partial charge is 0.338 e. The number of esters is 3. The molecule has 400 valence electrons. The van der Waals surface area contributed by atoms with Gasteiger partial charge in [-0.3, -0.25) is 9.59 Å². The van der Waals surface area contributed by atoms with Crippen LogP contribution < -0.4 is 14.2 Å². The lowest BCUT2D eigenvalue weighted by Crippen LogP contribution is -2.26. The van der Waals surface area contributed by atoms with Gasteiger partial charge in [0.15, 0.2) is 11.5 Å². The molecule has 0 bridgehead atoms. The van der Waals surface area contributed by atoms with Crippen LogP contribution in [0.3, 0.4) is 0 Å². The summed E-state index contributed by atoms with van der Waals surface area (Å²) in [5.41, 5.74) is 1.21. The van der Waals surface area contributed by atoms with Crippen LogP contribution in [0.1, 0.15) is 81.6 Å². The molecule has 0 aliphatic rings. The van der Waals surface area contributed by atoms with Crippen molar-refractivity contribution in [2.24, 2.45) is 5.41 Å². The molecular formula is C52H86N2O16. The number of nitrogens with zero attached hydrogens (tertiary/aromatic N) is 2. The Morgan fingerprint density at radius 2 is 0.857 bits per heavy atom. The van der Waals surface area contributed by atoms with Crippen LogP contribution in [0, 0.1) is 5.41 Å². The normalized spacial score (nSPS) is 11.6. The molecule has 0 fully saturated rings. The van der Waals surface area contributed by atoms with E-state index in [1.165, 1.54) is 0 Å². The fraction of sp³-hybridized carbons (Fsp3) is 0.712. The molecule has 0 aliphatic carbocycles. The van der Waals surface area contributed by atoms with Crippen LogP contribution in [0.25, 0.3) is 0 Å². The number of hydrogen-bond donors (Lipinski definition) is 0. The van der Waals surface area contributed by atoms with Gasteiger partial charge >= 0.3 is 17.9 Å². The Bertz CT molecular complexity index is 1550. The molecule has 0 aromatic heterocycles. The summed E-state index contributed by atoms with van der Waals surface area (Å²) in [5, 5.41) is 0. The Kier molecular flexibility index (Phi) is 35.9. The molecular weight excluding hydrogens is 909 g/mol. The van der Waals surface area contributed by atoms with E-state index >= 15 is 0 Å². The Morgan fingerprint density at radius 1 is 0.471 bits per heavy atom. The Labute approximate surface area is 418 Å². The fourth-order valence-corrected chi connectivity index (χ4v) is 6.53. The van der Waals surface area contributed by atoms with Crippen LogP contribution in [-0.4, -0.2) is 195 Å². The number of carbonyl (C=O) groups excluding carboxylic acids is 3. The van der Waals surface area contributed by atoms with Crippen molar-refractivity contribution in [1.82, 2.24) is 9.80 Å². The Hall–Kier alpha value is -4.11. The zero-order chi connectivity index (χ0) is 50.9. The van der Waals surface area contributed by atoms with E-state index in [9.17, 15) is 14.4 Å². The van der Waals surface area contributed by atoms with Gasteiger partial charge < -0.3 is 71.4 Å². The highest BCUT2D eigenvalue weighted by Gasteiger charge is 2.27. The van der Waals surface area contributed by atoms with E-state index in [-0.39, 0.29) is 126 Å². The highest BCUT2D eigenvalue weighted by molar-refractivity contribution is 5.91. The zero-order valence-corrected chi connectivity index (χ0v) is 43.5. The lowest BCUT2D eigenvalue weighted by Gasteiger charge is -2.29. The summed E-state index contributed by atoms with van der Waals surface area (Å²) < 4.78 is 74.8. The third kappa shape index (κ3) is 30.6. The van der Waals surface area contributed by atoms with Crippen LogP contribution in [0.4, 0.5) is 0 Å². The molecule has 18 nitrogen and oxygen atoms in total. The second-order valence-electron chi connectivity index (χ2n) is 17.0. The molecule has 0 unspecified atom stereocenters. The van der Waals surface area contributed by atoms with Crippen molar-refractivity contribution < 1.29 is 76.0 Å². The summed E-state index contributed by atoms with van der Waals surface area (Å²) in [6.45, 7) is 13.4. The van der Waals surface area contributed by atoms with Gasteiger partial charge in [0.05, 0.1) is 105 Å². The number of carbonyl (C=O) groups is 3. The molecule has 2 aromatic carbocycles. The maximum absolute atomic E-state index is 13.7. The van der Waals surface area contributed by atoms with Crippen molar-refractivity contribution >= 4 is 17.9 Å². The summed E-state index contributed by atoms with van der Waals surface area (Å²) >= 11 is 0. The predicted molar refractivity (Wildman–Crippen MR) is 265 cm³/mol. The van der Waals surface area contributed by atoms with E-state index < -0.39 is 5.97 Å². The van der Waals surface area contributed by atoms with E-state index in [0.717, 1.165) is 50.8 Å². The molecule has 0 aliphatic heterocycles. The van der Waals surface area contributed by atoms with Crippen LogP contribution in [-0.2, 0) is 63.6 Å². The standard InChI is InChI=1S/C52H86N2O16/c1-8-52(9-2,10-3)43-70-51(57)45-40-46(65-35-30-59-24-26-61-32-37-67-48(55)18-14-20-53(4)5)50(69-39-34-63-23-22-58-28-29-64-42-44-16-12-11-13-17-44)47(41-45)66-36-31-60-25-27-62-33-38-68-49(56)19-15-21-54(6)7/h11-13,16-17,40-41H,8-10,14-15,18-39,42-43H2,1-7H3. The molecule has 0 amide bonds. The van der Waals surface area contributed by atoms with Crippen LogP contribution >= 0.6 is 0 Å². The SMILES string of the molecule is CCC(CC)(CC)COC(=O)c1cc(OCCOCCOCCOC(=O)CCCN(C)C)c(OCCOCCOCCOCc2ccccc2)c(OCCOCCOCCOC(=O)CCCN(C)C)c1. The topological polar surface area (TPSA) is 178 Å². The highest BCUT2D eigenvalue weighted by Crippen LogP contribution is 2.40. The van der Waals surface area contributed by atoms with Gasteiger partial charge in [0.25, 0.3) is 0 Å². The number of hydrogen-bond acceptors (Lipinski definition) is 18. The molecule has 0 saturated carbocycles. The third-order valence-electron chi connectivity index (χ3n) is 11.0. The number of rotatable bonds is 46. The van der Waals surface area contributed by atoms with Crippen LogP contribution in [0.5, 0.6) is 17.2 Å². The lowest BCUT2D eigenvalue weighted by atomic mass is 9.81. The average Bonchev–Trinajstić information content (AvgIpc) is 3.35. The predicted octanol–water partition coefficient (Wildman–Crippen LogP) is 6.28. The summed E-state index contributed by atoms with van der Waals surface area (Å²) in [6.07, 6.45) is 4.81.